The number of halogens is 3. The molecule has 0 aliphatic rings. The summed E-state index contributed by atoms with van der Waals surface area (Å²) in [5, 5.41) is 0. The fourth-order valence-corrected chi connectivity index (χ4v) is 2.96. The van der Waals surface area contributed by atoms with Crippen LogP contribution in [0.1, 0.15) is 46.2 Å². The highest BCUT2D eigenvalue weighted by molar-refractivity contribution is 6.25. The third kappa shape index (κ3) is 6.49. The molecule has 0 N–H and O–H groups in total. The predicted octanol–water partition coefficient (Wildman–Crippen LogP) is 4.84. The minimum Gasteiger partial charge on any atom is -0.359 e. The van der Waals surface area contributed by atoms with Gasteiger partial charge in [0.1, 0.15) is 11.5 Å². The highest BCUT2D eigenvalue weighted by Gasteiger charge is 2.38. The Morgan fingerprint density at radius 3 is 2.18 bits per heavy atom. The van der Waals surface area contributed by atoms with Crippen LogP contribution < -0.4 is 9.80 Å². The monoisotopic (exact) mass is 399 g/mol. The lowest BCUT2D eigenvalue weighted by atomic mass is 10.1. The van der Waals surface area contributed by atoms with Gasteiger partial charge >= 0.3 is 6.18 Å². The first-order chi connectivity index (χ1) is 13.0. The van der Waals surface area contributed by atoms with Crippen molar-refractivity contribution in [3.8, 4) is 0 Å². The van der Waals surface area contributed by atoms with Gasteiger partial charge in [0.05, 0.1) is 5.69 Å². The van der Waals surface area contributed by atoms with E-state index < -0.39 is 11.9 Å². The zero-order chi connectivity index (χ0) is 21.5. The maximum absolute atomic E-state index is 13.3. The number of hydrogen-bond donors (Lipinski definition) is 0. The molecular formula is C20H32F3N5. The molecule has 0 amide bonds. The van der Waals surface area contributed by atoms with Crippen molar-refractivity contribution in [2.75, 3.05) is 43.5 Å². The molecule has 0 bridgehead atoms. The van der Waals surface area contributed by atoms with Gasteiger partial charge in [-0.25, -0.2) is 4.98 Å². The van der Waals surface area contributed by atoms with Gasteiger partial charge in [0.2, 0.25) is 5.95 Å². The smallest absolute Gasteiger partial charge is 0.359 e. The molecule has 0 aromatic carbocycles. The molecule has 0 radical (unpaired) electrons. The van der Waals surface area contributed by atoms with Crippen molar-refractivity contribution in [1.29, 1.82) is 0 Å². The maximum atomic E-state index is 13.3. The summed E-state index contributed by atoms with van der Waals surface area (Å²) < 4.78 is 40.0. The van der Waals surface area contributed by atoms with Crippen LogP contribution in [0.5, 0.6) is 0 Å². The number of allylic oxidation sites excluding steroid dienone is 1. The number of aromatic nitrogens is 2. The van der Waals surface area contributed by atoms with Crippen LogP contribution >= 0.6 is 0 Å². The highest BCUT2D eigenvalue weighted by Crippen LogP contribution is 2.29. The molecule has 1 heterocycles. The molecule has 8 heteroatoms. The predicted molar refractivity (Wildman–Crippen MR) is 111 cm³/mol. The first-order valence-electron chi connectivity index (χ1n) is 9.63. The van der Waals surface area contributed by atoms with E-state index in [1.165, 1.54) is 0 Å². The van der Waals surface area contributed by atoms with Crippen molar-refractivity contribution < 1.29 is 13.2 Å². The van der Waals surface area contributed by atoms with Gasteiger partial charge in [-0.2, -0.15) is 18.2 Å². The Morgan fingerprint density at radius 2 is 1.75 bits per heavy atom. The average molecular weight is 400 g/mol. The van der Waals surface area contributed by atoms with Gasteiger partial charge in [-0.15, -0.1) is 0 Å². The Labute approximate surface area is 166 Å². The highest BCUT2D eigenvalue weighted by atomic mass is 19.4. The summed E-state index contributed by atoms with van der Waals surface area (Å²) in [5.74, 6) is 1.37. The Hall–Kier alpha value is -2.12. The van der Waals surface area contributed by atoms with Crippen LogP contribution in [0.25, 0.3) is 5.57 Å². The van der Waals surface area contributed by atoms with E-state index in [2.05, 4.69) is 35.4 Å². The molecule has 0 aliphatic carbocycles. The van der Waals surface area contributed by atoms with Gasteiger partial charge in [-0.3, -0.25) is 4.99 Å². The van der Waals surface area contributed by atoms with Crippen LogP contribution in [0.3, 0.4) is 0 Å². The third-order valence-electron chi connectivity index (χ3n) is 4.09. The summed E-state index contributed by atoms with van der Waals surface area (Å²) in [6, 6.07) is 1.56. The molecule has 28 heavy (non-hydrogen) atoms. The van der Waals surface area contributed by atoms with Crippen molar-refractivity contribution in [2.45, 2.75) is 46.7 Å². The molecule has 0 fully saturated rings. The van der Waals surface area contributed by atoms with Gasteiger partial charge in [0.25, 0.3) is 0 Å². The Morgan fingerprint density at radius 1 is 1.18 bits per heavy atom. The quantitative estimate of drug-likeness (QED) is 0.528. The fourth-order valence-electron chi connectivity index (χ4n) is 2.96. The minimum atomic E-state index is -4.59. The zero-order valence-electron chi connectivity index (χ0n) is 17.8. The zero-order valence-corrected chi connectivity index (χ0v) is 17.8. The summed E-state index contributed by atoms with van der Waals surface area (Å²) in [6.07, 6.45) is -2.82. The first kappa shape index (κ1) is 23.9. The standard InChI is InChI=1S/C20H32F3N5/c1-8-10-28(11-9-2)19-25-16(15(5)18(24-6)20(21,22)23)12-17(26-19)27(7)13-14(3)4/h12,14H,5,8-11,13H2,1-4,6-7H3. The van der Waals surface area contributed by atoms with E-state index in [4.69, 9.17) is 0 Å². The second-order valence-electron chi connectivity index (χ2n) is 7.22. The molecule has 1 aromatic heterocycles. The number of aliphatic imine (C=N–C) groups is 1. The number of alkyl halides is 3. The van der Waals surface area contributed by atoms with Crippen LogP contribution in [0.4, 0.5) is 24.9 Å². The van der Waals surface area contributed by atoms with Gasteiger partial charge in [-0.1, -0.05) is 34.3 Å². The number of hydrogen-bond acceptors (Lipinski definition) is 5. The van der Waals surface area contributed by atoms with Gasteiger partial charge < -0.3 is 9.80 Å². The van der Waals surface area contributed by atoms with E-state index in [-0.39, 0.29) is 11.3 Å². The van der Waals surface area contributed by atoms with E-state index in [1.54, 1.807) is 6.07 Å². The molecule has 0 unspecified atom stereocenters. The van der Waals surface area contributed by atoms with E-state index in [0.717, 1.165) is 39.5 Å². The number of nitrogens with zero attached hydrogens (tertiary/aromatic N) is 5. The SMILES string of the molecule is C=C(C(=NC)C(F)(F)F)c1cc(N(C)CC(C)C)nc(N(CCC)CCC)n1. The molecule has 1 aromatic rings. The summed E-state index contributed by atoms with van der Waals surface area (Å²) in [7, 11) is 2.99. The summed E-state index contributed by atoms with van der Waals surface area (Å²) in [5.41, 5.74) is -1.12. The molecule has 5 nitrogen and oxygen atoms in total. The molecule has 0 spiro atoms. The summed E-state index contributed by atoms with van der Waals surface area (Å²) in [4.78, 5) is 16.4. The molecule has 0 saturated carbocycles. The summed E-state index contributed by atoms with van der Waals surface area (Å²) in [6.45, 7) is 14.0. The molecular weight excluding hydrogens is 367 g/mol. The minimum absolute atomic E-state index is 0.144. The largest absolute Gasteiger partial charge is 0.433 e. The molecule has 0 saturated heterocycles. The lowest BCUT2D eigenvalue weighted by molar-refractivity contribution is -0.0572. The topological polar surface area (TPSA) is 44.6 Å². The van der Waals surface area contributed by atoms with Crippen LogP contribution in [0.15, 0.2) is 17.6 Å². The average Bonchev–Trinajstić information content (AvgIpc) is 2.59. The molecule has 0 atom stereocenters. The number of anilines is 2. The van der Waals surface area contributed by atoms with Crippen LogP contribution in [-0.2, 0) is 0 Å². The van der Waals surface area contributed by atoms with Crippen molar-refractivity contribution >= 4 is 23.1 Å². The second kappa shape index (κ2) is 10.4. The summed E-state index contributed by atoms with van der Waals surface area (Å²) >= 11 is 0. The van der Waals surface area contributed by atoms with E-state index in [0.29, 0.717) is 17.7 Å². The van der Waals surface area contributed by atoms with Crippen molar-refractivity contribution in [3.05, 3.63) is 18.3 Å². The van der Waals surface area contributed by atoms with E-state index >= 15 is 0 Å². The van der Waals surface area contributed by atoms with Crippen LogP contribution in [0, 0.1) is 5.92 Å². The van der Waals surface area contributed by atoms with Crippen LogP contribution in [0.2, 0.25) is 0 Å². The Kier molecular flexibility index (Phi) is 8.91. The van der Waals surface area contributed by atoms with E-state index in [9.17, 15) is 13.2 Å². The Balaban J connectivity index is 3.49. The van der Waals surface area contributed by atoms with E-state index in [1.807, 2.05) is 30.7 Å². The molecule has 0 aliphatic heterocycles. The van der Waals surface area contributed by atoms with Gasteiger partial charge in [0.15, 0.2) is 0 Å². The van der Waals surface area contributed by atoms with Crippen molar-refractivity contribution in [1.82, 2.24) is 9.97 Å². The Bertz CT molecular complexity index is 677. The maximum Gasteiger partial charge on any atom is 0.433 e. The second-order valence-corrected chi connectivity index (χ2v) is 7.22. The van der Waals surface area contributed by atoms with Crippen molar-refractivity contribution in [2.24, 2.45) is 10.9 Å². The lowest BCUT2D eigenvalue weighted by Crippen LogP contribution is -2.30. The van der Waals surface area contributed by atoms with Gasteiger partial charge in [-0.05, 0) is 18.8 Å². The van der Waals surface area contributed by atoms with Crippen molar-refractivity contribution in [3.63, 3.8) is 0 Å². The van der Waals surface area contributed by atoms with Crippen LogP contribution in [-0.4, -0.2) is 55.6 Å². The fraction of sp³-hybridized carbons (Fsp3) is 0.650. The third-order valence-corrected chi connectivity index (χ3v) is 4.09. The van der Waals surface area contributed by atoms with Gasteiger partial charge in [0, 0.05) is 45.4 Å². The normalized spacial score (nSPS) is 12.4. The molecule has 1 rings (SSSR count). The first-order valence-corrected chi connectivity index (χ1v) is 9.63. The lowest BCUT2D eigenvalue weighted by Gasteiger charge is -2.26. The molecule has 158 valence electrons. The number of rotatable bonds is 10.